The fourth-order valence-electron chi connectivity index (χ4n) is 3.26. The van der Waals surface area contributed by atoms with E-state index in [9.17, 15) is 18.8 Å². The summed E-state index contributed by atoms with van der Waals surface area (Å²) in [5.74, 6) is -1.18. The van der Waals surface area contributed by atoms with E-state index in [1.807, 2.05) is 0 Å². The number of imide groups is 1. The molecule has 3 aromatic rings. The molecule has 0 fully saturated rings. The Morgan fingerprint density at radius 1 is 0.968 bits per heavy atom. The first-order chi connectivity index (χ1) is 14.9. The van der Waals surface area contributed by atoms with Gasteiger partial charge in [0.1, 0.15) is 17.3 Å². The first kappa shape index (κ1) is 20.1. The third-order valence-corrected chi connectivity index (χ3v) is 4.67. The second-order valence-electron chi connectivity index (χ2n) is 6.92. The topological polar surface area (TPSA) is 91.7 Å². The van der Waals surface area contributed by atoms with Crippen LogP contribution in [0.1, 0.15) is 18.2 Å². The second-order valence-corrected chi connectivity index (χ2v) is 6.92. The number of anilines is 2. The summed E-state index contributed by atoms with van der Waals surface area (Å²) in [6, 6.07) is 15.4. The van der Waals surface area contributed by atoms with E-state index in [1.54, 1.807) is 36.4 Å². The van der Waals surface area contributed by atoms with E-state index in [0.717, 1.165) is 4.90 Å². The van der Waals surface area contributed by atoms with Gasteiger partial charge in [0.05, 0.1) is 18.4 Å². The molecule has 0 spiro atoms. The van der Waals surface area contributed by atoms with E-state index in [2.05, 4.69) is 10.6 Å². The minimum absolute atomic E-state index is 0.0211. The summed E-state index contributed by atoms with van der Waals surface area (Å²) in [5, 5.41) is 5.61. The zero-order valence-electron chi connectivity index (χ0n) is 16.5. The highest BCUT2D eigenvalue weighted by molar-refractivity contribution is 6.36. The normalized spacial score (nSPS) is 13.7. The predicted molar refractivity (Wildman–Crippen MR) is 112 cm³/mol. The molecule has 4 rings (SSSR count). The lowest BCUT2D eigenvalue weighted by Gasteiger charge is -2.13. The first-order valence-electron chi connectivity index (χ1n) is 9.46. The van der Waals surface area contributed by atoms with Crippen LogP contribution in [0.2, 0.25) is 0 Å². The molecular formula is C23H18FN3O4. The third kappa shape index (κ3) is 4.23. The number of rotatable bonds is 6. The fraction of sp³-hybridized carbons (Fsp3) is 0.0870. The molecule has 1 aliphatic heterocycles. The van der Waals surface area contributed by atoms with Crippen LogP contribution in [-0.2, 0) is 20.9 Å². The summed E-state index contributed by atoms with van der Waals surface area (Å²) in [6.45, 7) is 1.37. The second kappa shape index (κ2) is 8.27. The summed E-state index contributed by atoms with van der Waals surface area (Å²) in [6.07, 6.45) is 1.47. The Balaban J connectivity index is 1.71. The number of carbonyl (C=O) groups is 3. The van der Waals surface area contributed by atoms with Crippen LogP contribution in [0.25, 0.3) is 5.57 Å². The number of nitrogens with one attached hydrogen (secondary N) is 2. The smallest absolute Gasteiger partial charge is 0.278 e. The van der Waals surface area contributed by atoms with Crippen molar-refractivity contribution in [3.8, 4) is 0 Å². The van der Waals surface area contributed by atoms with Gasteiger partial charge in [0.25, 0.3) is 11.8 Å². The standard InChI is InChI=1S/C23H18FN3O4/c1-14(28)25-17-8-4-15(5-9-17)20-21(26-18-10-6-16(24)7-11-18)23(30)27(22(20)29)13-19-3-2-12-31-19/h2-12,26H,13H2,1H3,(H,25,28). The number of carbonyl (C=O) groups excluding carboxylic acids is 3. The van der Waals surface area contributed by atoms with Crippen molar-refractivity contribution in [2.45, 2.75) is 13.5 Å². The van der Waals surface area contributed by atoms with Gasteiger partial charge in [-0.05, 0) is 54.1 Å². The maximum Gasteiger partial charge on any atom is 0.278 e. The van der Waals surface area contributed by atoms with Crippen molar-refractivity contribution in [2.24, 2.45) is 0 Å². The molecular weight excluding hydrogens is 401 g/mol. The zero-order valence-corrected chi connectivity index (χ0v) is 16.5. The van der Waals surface area contributed by atoms with Crippen molar-refractivity contribution in [3.05, 3.63) is 89.8 Å². The van der Waals surface area contributed by atoms with Crippen molar-refractivity contribution >= 4 is 34.7 Å². The van der Waals surface area contributed by atoms with Crippen LogP contribution in [0.4, 0.5) is 15.8 Å². The van der Waals surface area contributed by atoms with E-state index in [-0.39, 0.29) is 23.7 Å². The lowest BCUT2D eigenvalue weighted by molar-refractivity contribution is -0.137. The lowest BCUT2D eigenvalue weighted by Crippen LogP contribution is -2.31. The van der Waals surface area contributed by atoms with E-state index in [4.69, 9.17) is 4.42 Å². The number of hydrogen-bond acceptors (Lipinski definition) is 5. The van der Waals surface area contributed by atoms with Gasteiger partial charge in [0, 0.05) is 18.3 Å². The Morgan fingerprint density at radius 2 is 1.65 bits per heavy atom. The van der Waals surface area contributed by atoms with Crippen molar-refractivity contribution < 1.29 is 23.2 Å². The van der Waals surface area contributed by atoms with Crippen molar-refractivity contribution in [1.82, 2.24) is 4.90 Å². The van der Waals surface area contributed by atoms with Gasteiger partial charge in [-0.25, -0.2) is 4.39 Å². The Bertz CT molecular complexity index is 1170. The van der Waals surface area contributed by atoms with E-state index in [1.165, 1.54) is 37.5 Å². The molecule has 0 atom stereocenters. The molecule has 0 aliphatic carbocycles. The molecule has 31 heavy (non-hydrogen) atoms. The number of amides is 3. The van der Waals surface area contributed by atoms with Crippen molar-refractivity contribution in [1.29, 1.82) is 0 Å². The maximum atomic E-state index is 13.3. The van der Waals surface area contributed by atoms with Crippen LogP contribution < -0.4 is 10.6 Å². The number of nitrogens with zero attached hydrogens (tertiary/aromatic N) is 1. The fourth-order valence-corrected chi connectivity index (χ4v) is 3.26. The summed E-state index contributed by atoms with van der Waals surface area (Å²) >= 11 is 0. The first-order valence-corrected chi connectivity index (χ1v) is 9.46. The molecule has 3 amide bonds. The molecule has 2 heterocycles. The summed E-state index contributed by atoms with van der Waals surface area (Å²) in [4.78, 5) is 38.7. The van der Waals surface area contributed by atoms with Gasteiger partial charge >= 0.3 is 0 Å². The lowest BCUT2D eigenvalue weighted by atomic mass is 10.0. The van der Waals surface area contributed by atoms with Crippen LogP contribution in [0.15, 0.2) is 77.0 Å². The van der Waals surface area contributed by atoms with E-state index < -0.39 is 17.6 Å². The average molecular weight is 419 g/mol. The maximum absolute atomic E-state index is 13.3. The Morgan fingerprint density at radius 3 is 2.26 bits per heavy atom. The molecule has 0 bridgehead atoms. The number of halogens is 1. The summed E-state index contributed by atoms with van der Waals surface area (Å²) in [5.41, 5.74) is 1.78. The third-order valence-electron chi connectivity index (χ3n) is 4.67. The largest absolute Gasteiger partial charge is 0.467 e. The minimum atomic E-state index is -0.522. The average Bonchev–Trinajstić information content (AvgIpc) is 3.33. The van der Waals surface area contributed by atoms with Crippen LogP contribution in [-0.4, -0.2) is 22.6 Å². The molecule has 0 radical (unpaired) electrons. The number of hydrogen-bond donors (Lipinski definition) is 2. The minimum Gasteiger partial charge on any atom is -0.467 e. The SMILES string of the molecule is CC(=O)Nc1ccc(C2=C(Nc3ccc(F)cc3)C(=O)N(Cc3ccco3)C2=O)cc1. The van der Waals surface area contributed by atoms with Gasteiger partial charge in [-0.2, -0.15) is 0 Å². The molecule has 2 aromatic carbocycles. The Kier molecular flexibility index (Phi) is 5.36. The Hall–Kier alpha value is -4.20. The monoisotopic (exact) mass is 419 g/mol. The molecule has 0 saturated heterocycles. The summed E-state index contributed by atoms with van der Waals surface area (Å²) in [7, 11) is 0. The summed E-state index contributed by atoms with van der Waals surface area (Å²) < 4.78 is 18.6. The van der Waals surface area contributed by atoms with Crippen LogP contribution in [0, 0.1) is 5.82 Å². The molecule has 156 valence electrons. The molecule has 0 saturated carbocycles. The van der Waals surface area contributed by atoms with Crippen LogP contribution in [0.3, 0.4) is 0 Å². The highest BCUT2D eigenvalue weighted by Crippen LogP contribution is 2.32. The van der Waals surface area contributed by atoms with Crippen LogP contribution in [0.5, 0.6) is 0 Å². The molecule has 7 nitrogen and oxygen atoms in total. The predicted octanol–water partition coefficient (Wildman–Crippen LogP) is 3.77. The van der Waals surface area contributed by atoms with Gasteiger partial charge in [-0.3, -0.25) is 19.3 Å². The molecule has 2 N–H and O–H groups in total. The van der Waals surface area contributed by atoms with Crippen molar-refractivity contribution in [3.63, 3.8) is 0 Å². The van der Waals surface area contributed by atoms with Gasteiger partial charge < -0.3 is 15.1 Å². The Labute approximate surface area is 177 Å². The van der Waals surface area contributed by atoms with Crippen LogP contribution >= 0.6 is 0 Å². The zero-order chi connectivity index (χ0) is 22.0. The highest BCUT2D eigenvalue weighted by Gasteiger charge is 2.39. The molecule has 8 heteroatoms. The van der Waals surface area contributed by atoms with Gasteiger partial charge in [0.15, 0.2) is 0 Å². The van der Waals surface area contributed by atoms with E-state index >= 15 is 0 Å². The molecule has 0 unspecified atom stereocenters. The van der Waals surface area contributed by atoms with E-state index in [0.29, 0.717) is 22.7 Å². The number of benzene rings is 2. The van der Waals surface area contributed by atoms with Gasteiger partial charge in [-0.1, -0.05) is 12.1 Å². The number of furan rings is 1. The van der Waals surface area contributed by atoms with Gasteiger partial charge in [-0.15, -0.1) is 0 Å². The molecule has 1 aliphatic rings. The quantitative estimate of drug-likeness (QED) is 0.594. The van der Waals surface area contributed by atoms with Crippen molar-refractivity contribution in [2.75, 3.05) is 10.6 Å². The van der Waals surface area contributed by atoms with Gasteiger partial charge in [0.2, 0.25) is 5.91 Å². The molecule has 1 aromatic heterocycles. The highest BCUT2D eigenvalue weighted by atomic mass is 19.1.